The van der Waals surface area contributed by atoms with E-state index in [2.05, 4.69) is 51.6 Å². The number of aliphatic hydroxyl groups is 2. The molecule has 31 heavy (non-hydrogen) atoms. The van der Waals surface area contributed by atoms with Crippen LogP contribution in [0.25, 0.3) is 0 Å². The van der Waals surface area contributed by atoms with Gasteiger partial charge in [-0.3, -0.25) is 0 Å². The molecule has 6 nitrogen and oxygen atoms in total. The number of carboxylic acid groups (broad SMARTS) is 1. The quantitative estimate of drug-likeness (QED) is 0.582. The summed E-state index contributed by atoms with van der Waals surface area (Å²) in [5.74, 6) is -0.0448. The highest BCUT2D eigenvalue weighted by atomic mass is 16.4. The van der Waals surface area contributed by atoms with E-state index in [0.29, 0.717) is 17.8 Å². The summed E-state index contributed by atoms with van der Waals surface area (Å²) in [4.78, 5) is 11.1. The van der Waals surface area contributed by atoms with Crippen molar-refractivity contribution in [2.45, 2.75) is 77.9 Å². The van der Waals surface area contributed by atoms with E-state index in [1.807, 2.05) is 0 Å². The molecule has 0 radical (unpaired) electrons. The number of aliphatic carboxylic acids is 1. The largest absolute Gasteiger partial charge is 0.550 e. The van der Waals surface area contributed by atoms with Crippen LogP contribution in [-0.2, 0) is 4.79 Å². The number of rotatable bonds is 4. The van der Waals surface area contributed by atoms with Gasteiger partial charge in [0.15, 0.2) is 0 Å². The van der Waals surface area contributed by atoms with Crippen molar-refractivity contribution in [1.29, 1.82) is 0 Å². The summed E-state index contributed by atoms with van der Waals surface area (Å²) in [7, 11) is 4.16. The molecule has 3 rings (SSSR count). The Kier molecular flexibility index (Phi) is 9.95. The topological polar surface area (TPSA) is 120 Å². The molecule has 0 saturated heterocycles. The molecule has 0 aromatic heterocycles. The Balaban J connectivity index is 0.000000885. The summed E-state index contributed by atoms with van der Waals surface area (Å²) in [5, 5.41) is 30.6. The zero-order valence-corrected chi connectivity index (χ0v) is 20.6. The normalized spacial score (nSPS) is 40.1. The van der Waals surface area contributed by atoms with Crippen molar-refractivity contribution in [3.8, 4) is 0 Å². The summed E-state index contributed by atoms with van der Waals surface area (Å²) >= 11 is 0. The van der Waals surface area contributed by atoms with E-state index in [-0.39, 0.29) is 29.2 Å². The maximum absolute atomic E-state index is 11.4. The molecule has 0 aliphatic heterocycles. The van der Waals surface area contributed by atoms with Crippen LogP contribution in [0.1, 0.15) is 65.7 Å². The van der Waals surface area contributed by atoms with E-state index in [9.17, 15) is 10.2 Å². The Hall–Kier alpha value is -1.21. The number of carbonyl (C=O) groups excluding carboxylic acids is 1. The van der Waals surface area contributed by atoms with E-state index in [1.165, 1.54) is 5.57 Å². The Morgan fingerprint density at radius 2 is 1.81 bits per heavy atom. The minimum absolute atomic E-state index is 0. The maximum atomic E-state index is 11.4. The van der Waals surface area contributed by atoms with Gasteiger partial charge in [-0.1, -0.05) is 38.2 Å². The van der Waals surface area contributed by atoms with Gasteiger partial charge in [-0.05, 0) is 94.5 Å². The van der Waals surface area contributed by atoms with E-state index in [0.717, 1.165) is 58.4 Å². The number of hydrogen-bond donors (Lipinski definition) is 3. The summed E-state index contributed by atoms with van der Waals surface area (Å²) in [6.45, 7) is 10.9. The lowest BCUT2D eigenvalue weighted by Gasteiger charge is -2.54. The monoisotopic (exact) mass is 438 g/mol. The van der Waals surface area contributed by atoms with Gasteiger partial charge in [0, 0.05) is 12.5 Å². The van der Waals surface area contributed by atoms with Crippen molar-refractivity contribution >= 4 is 5.97 Å². The molecule has 0 spiro atoms. The van der Waals surface area contributed by atoms with E-state index < -0.39 is 5.97 Å². The van der Waals surface area contributed by atoms with Crippen LogP contribution in [0.4, 0.5) is 0 Å². The first kappa shape index (κ1) is 27.8. The Morgan fingerprint density at radius 3 is 2.39 bits per heavy atom. The summed E-state index contributed by atoms with van der Waals surface area (Å²) in [5.41, 5.74) is 1.57. The predicted molar refractivity (Wildman–Crippen MR) is 125 cm³/mol. The first-order valence-electron chi connectivity index (χ1n) is 11.4. The van der Waals surface area contributed by atoms with Gasteiger partial charge in [-0.15, -0.1) is 0 Å². The van der Waals surface area contributed by atoms with Crippen LogP contribution in [0, 0.1) is 28.6 Å². The van der Waals surface area contributed by atoms with Crippen molar-refractivity contribution in [2.75, 3.05) is 20.6 Å². The Bertz CT molecular complexity index is 645. The molecule has 0 aromatic rings. The lowest BCUT2D eigenvalue weighted by atomic mass is 9.52. The molecule has 180 valence electrons. The van der Waals surface area contributed by atoms with Gasteiger partial charge in [0.25, 0.3) is 0 Å². The second kappa shape index (κ2) is 11.1. The number of allylic oxidation sites excluding steroid dienone is 2. The van der Waals surface area contributed by atoms with Gasteiger partial charge in [0.05, 0.1) is 12.2 Å². The number of carbonyl (C=O) groups is 1. The zero-order chi connectivity index (χ0) is 22.7. The predicted octanol–water partition coefficient (Wildman–Crippen LogP) is 3.15. The van der Waals surface area contributed by atoms with Crippen LogP contribution in [0.15, 0.2) is 24.3 Å². The van der Waals surface area contributed by atoms with E-state index >= 15 is 0 Å². The van der Waals surface area contributed by atoms with Crippen LogP contribution < -0.4 is 11.3 Å². The highest BCUT2D eigenvalue weighted by molar-refractivity contribution is 5.60. The fourth-order valence-electron chi connectivity index (χ4n) is 6.27. The number of quaternary nitrogens is 1. The summed E-state index contributed by atoms with van der Waals surface area (Å²) in [6, 6.07) is 0. The Labute approximate surface area is 189 Å². The standard InChI is InChI=1S/C23H39NO2.C2H4O2.H3N/c1-16-8-9-19-21(26)20(11-13-22(16,19)2)23(3)12-10-18(25)15-17(23)7-6-14-24(4)5;1-2(3)4;/h6-7,17-21,25-26H,1,8-15H2,2-5H3;1H3,(H,3,4);1H3/b7-6+;;/t17-,18-,19?,20?,21+,22-,23-;;/m0../s1. The number of carboxylic acids is 1. The van der Waals surface area contributed by atoms with Crippen LogP contribution in [0.3, 0.4) is 0 Å². The fraction of sp³-hybridized carbons (Fsp3) is 0.800. The second-order valence-electron chi connectivity index (χ2n) is 10.5. The van der Waals surface area contributed by atoms with Gasteiger partial charge in [-0.25, -0.2) is 0 Å². The molecule has 7 atom stereocenters. The van der Waals surface area contributed by atoms with Gasteiger partial charge in [0.2, 0.25) is 0 Å². The van der Waals surface area contributed by atoms with Crippen LogP contribution in [0.5, 0.6) is 0 Å². The first-order chi connectivity index (χ1) is 13.9. The van der Waals surface area contributed by atoms with Gasteiger partial charge in [0.1, 0.15) is 0 Å². The third-order valence-corrected chi connectivity index (χ3v) is 8.26. The van der Waals surface area contributed by atoms with Crippen LogP contribution in [-0.4, -0.2) is 53.9 Å². The molecule has 0 aromatic carbocycles. The van der Waals surface area contributed by atoms with Crippen molar-refractivity contribution in [3.05, 3.63) is 24.3 Å². The van der Waals surface area contributed by atoms with Gasteiger partial charge < -0.3 is 31.2 Å². The smallest absolute Gasteiger partial charge is 0.0610 e. The molecule has 0 amide bonds. The lowest BCUT2D eigenvalue weighted by Crippen LogP contribution is -2.52. The molecule has 3 fully saturated rings. The molecule has 0 bridgehead atoms. The molecule has 2 unspecified atom stereocenters. The lowest BCUT2D eigenvalue weighted by molar-refractivity contribution is -0.302. The molecule has 3 saturated carbocycles. The third-order valence-electron chi connectivity index (χ3n) is 8.26. The zero-order valence-electron chi connectivity index (χ0n) is 20.6. The van der Waals surface area contributed by atoms with Crippen molar-refractivity contribution in [1.82, 2.24) is 11.1 Å². The average molecular weight is 439 g/mol. The van der Waals surface area contributed by atoms with Crippen molar-refractivity contribution in [3.63, 3.8) is 0 Å². The molecular formula is C25H46N2O4. The van der Waals surface area contributed by atoms with E-state index in [4.69, 9.17) is 9.90 Å². The highest BCUT2D eigenvalue weighted by Crippen LogP contribution is 2.61. The minimum Gasteiger partial charge on any atom is -0.550 e. The fourth-order valence-corrected chi connectivity index (χ4v) is 6.27. The van der Waals surface area contributed by atoms with Gasteiger partial charge >= 0.3 is 0 Å². The number of fused-ring (bicyclic) bond motifs is 1. The highest BCUT2D eigenvalue weighted by Gasteiger charge is 2.56. The molecule has 6 N–H and O–H groups in total. The van der Waals surface area contributed by atoms with Gasteiger partial charge in [-0.2, -0.15) is 0 Å². The van der Waals surface area contributed by atoms with E-state index in [1.54, 1.807) is 0 Å². The number of likely N-dealkylation sites (N-methyl/N-ethyl adjacent to an activating group) is 1. The third kappa shape index (κ3) is 6.19. The summed E-state index contributed by atoms with van der Waals surface area (Å²) in [6.07, 6.45) is 11.3. The van der Waals surface area contributed by atoms with Crippen molar-refractivity contribution in [2.24, 2.45) is 28.6 Å². The first-order valence-corrected chi connectivity index (χ1v) is 11.4. The Morgan fingerprint density at radius 1 is 1.19 bits per heavy atom. The molecule has 0 heterocycles. The number of hydrogen-bond acceptors (Lipinski definition) is 5. The van der Waals surface area contributed by atoms with Crippen molar-refractivity contribution < 1.29 is 20.1 Å². The molecule has 6 heteroatoms. The van der Waals surface area contributed by atoms with Crippen LogP contribution >= 0.6 is 0 Å². The molecule has 3 aliphatic rings. The average Bonchev–Trinajstić information content (AvgIpc) is 2.93. The minimum atomic E-state index is -1.08. The SMILES string of the molecule is C=C1CCC2[C@@H](O)C([C@@]3(C)CC[C@H](O)C[C@@H]3/C=C/CN(C)C)CC[C@@]12C.CC(=O)[O-].[NH4+]. The molecular weight excluding hydrogens is 392 g/mol. The number of aliphatic hydroxyl groups excluding tert-OH is 2. The maximum Gasteiger partial charge on any atom is 0.0610 e. The number of nitrogens with zero attached hydrogens (tertiary/aromatic N) is 1. The summed E-state index contributed by atoms with van der Waals surface area (Å²) < 4.78 is 0. The molecule has 3 aliphatic carbocycles. The van der Waals surface area contributed by atoms with Crippen LogP contribution in [0.2, 0.25) is 0 Å². The second-order valence-corrected chi connectivity index (χ2v) is 10.5.